The van der Waals surface area contributed by atoms with Crippen LogP contribution in [-0.4, -0.2) is 27.0 Å². The van der Waals surface area contributed by atoms with Gasteiger partial charge in [0, 0.05) is 12.7 Å². The summed E-state index contributed by atoms with van der Waals surface area (Å²) in [6.45, 7) is 1.38. The lowest BCUT2D eigenvalue weighted by Crippen LogP contribution is -2.10. The zero-order chi connectivity index (χ0) is 13.8. The Hall–Kier alpha value is -2.47. The summed E-state index contributed by atoms with van der Waals surface area (Å²) in [6.07, 6.45) is 3.47. The molecule has 102 valence electrons. The van der Waals surface area contributed by atoms with Crippen molar-refractivity contribution in [2.75, 3.05) is 12.4 Å². The summed E-state index contributed by atoms with van der Waals surface area (Å²) in [4.78, 5) is 15.9. The molecule has 0 amide bonds. The molecule has 6 heteroatoms. The number of anilines is 1. The van der Waals surface area contributed by atoms with E-state index in [1.165, 1.54) is 5.56 Å². The third kappa shape index (κ3) is 2.75. The van der Waals surface area contributed by atoms with Crippen molar-refractivity contribution in [3.05, 3.63) is 48.2 Å². The van der Waals surface area contributed by atoms with Gasteiger partial charge >= 0.3 is 0 Å². The zero-order valence-electron chi connectivity index (χ0n) is 11.2. The summed E-state index contributed by atoms with van der Waals surface area (Å²) in [6, 6.07) is 8.03. The van der Waals surface area contributed by atoms with E-state index in [0.717, 1.165) is 22.7 Å². The molecule has 0 saturated heterocycles. The molecule has 0 fully saturated rings. The molecule has 2 aromatic heterocycles. The van der Waals surface area contributed by atoms with Crippen molar-refractivity contribution >= 4 is 16.9 Å². The van der Waals surface area contributed by atoms with Crippen molar-refractivity contribution in [1.29, 1.82) is 0 Å². The molecule has 3 rings (SSSR count). The summed E-state index contributed by atoms with van der Waals surface area (Å²) in [5, 5.41) is 6.34. The number of H-pyrrole nitrogens is 1. The van der Waals surface area contributed by atoms with Crippen LogP contribution in [0.2, 0.25) is 0 Å². The van der Waals surface area contributed by atoms with Gasteiger partial charge in [-0.25, -0.2) is 15.0 Å². The number of hydrogen-bond donors (Lipinski definition) is 3. The summed E-state index contributed by atoms with van der Waals surface area (Å²) in [5.74, 6) is 1.61. The fourth-order valence-electron chi connectivity index (χ4n) is 2.03. The number of hydrogen-bond acceptors (Lipinski definition) is 5. The Bertz CT molecular complexity index is 705. The topological polar surface area (TPSA) is 78.5 Å². The molecule has 0 atom stereocenters. The van der Waals surface area contributed by atoms with E-state index < -0.39 is 0 Å². The lowest BCUT2D eigenvalue weighted by molar-refractivity contribution is 0.758. The number of nitrogens with zero attached hydrogens (tertiary/aromatic N) is 3. The number of aromatic nitrogens is 4. The van der Waals surface area contributed by atoms with Gasteiger partial charge in [0.15, 0.2) is 0 Å². The average molecular weight is 268 g/mol. The average Bonchev–Trinajstić information content (AvgIpc) is 2.93. The first kappa shape index (κ1) is 12.6. The number of benzene rings is 1. The van der Waals surface area contributed by atoms with Gasteiger partial charge in [-0.2, -0.15) is 0 Å². The first-order valence-electron chi connectivity index (χ1n) is 6.47. The van der Waals surface area contributed by atoms with Gasteiger partial charge in [-0.3, -0.25) is 0 Å². The first-order valence-corrected chi connectivity index (χ1v) is 6.47. The molecule has 20 heavy (non-hydrogen) atoms. The minimum Gasteiger partial charge on any atom is -0.366 e. The molecule has 3 aromatic rings. The van der Waals surface area contributed by atoms with E-state index in [1.807, 2.05) is 19.2 Å². The minimum atomic E-state index is 0.662. The van der Waals surface area contributed by atoms with Gasteiger partial charge in [0.2, 0.25) is 0 Å². The Labute approximate surface area is 116 Å². The van der Waals surface area contributed by atoms with Crippen LogP contribution in [0.15, 0.2) is 36.8 Å². The molecule has 0 aliphatic heterocycles. The van der Waals surface area contributed by atoms with Crippen molar-refractivity contribution < 1.29 is 0 Å². The van der Waals surface area contributed by atoms with Gasteiger partial charge in [0.25, 0.3) is 0 Å². The SMILES string of the molecule is CNCc1nccc(NCc2ccc3nc[nH]c3c2)n1. The second-order valence-corrected chi connectivity index (χ2v) is 4.50. The summed E-state index contributed by atoms with van der Waals surface area (Å²) in [5.41, 5.74) is 3.20. The van der Waals surface area contributed by atoms with Crippen molar-refractivity contribution in [2.45, 2.75) is 13.1 Å². The van der Waals surface area contributed by atoms with Gasteiger partial charge in [0.1, 0.15) is 11.6 Å². The molecule has 0 saturated carbocycles. The predicted octanol–water partition coefficient (Wildman–Crippen LogP) is 1.68. The second kappa shape index (κ2) is 5.66. The maximum Gasteiger partial charge on any atom is 0.144 e. The van der Waals surface area contributed by atoms with Crippen LogP contribution < -0.4 is 10.6 Å². The third-order valence-corrected chi connectivity index (χ3v) is 3.00. The zero-order valence-corrected chi connectivity index (χ0v) is 11.2. The highest BCUT2D eigenvalue weighted by Gasteiger charge is 2.01. The maximum absolute atomic E-state index is 4.42. The summed E-state index contributed by atoms with van der Waals surface area (Å²) < 4.78 is 0. The standard InChI is InChI=1S/C14H16N6/c1-15-8-14-16-5-4-13(20-14)17-7-10-2-3-11-12(6-10)19-9-18-11/h2-6,9,15H,7-8H2,1H3,(H,18,19)(H,16,17,20). The van der Waals surface area contributed by atoms with Crippen LogP contribution in [0.25, 0.3) is 11.0 Å². The monoisotopic (exact) mass is 268 g/mol. The summed E-state index contributed by atoms with van der Waals surface area (Å²) in [7, 11) is 1.88. The molecule has 0 aliphatic rings. The lowest BCUT2D eigenvalue weighted by atomic mass is 10.2. The molecule has 3 N–H and O–H groups in total. The van der Waals surface area contributed by atoms with Crippen molar-refractivity contribution in [3.8, 4) is 0 Å². The van der Waals surface area contributed by atoms with E-state index in [4.69, 9.17) is 0 Å². The third-order valence-electron chi connectivity index (χ3n) is 3.00. The molecule has 2 heterocycles. The Morgan fingerprint density at radius 1 is 1.15 bits per heavy atom. The van der Waals surface area contributed by atoms with Gasteiger partial charge in [-0.05, 0) is 30.8 Å². The molecule has 0 spiro atoms. The Balaban J connectivity index is 1.70. The van der Waals surface area contributed by atoms with Gasteiger partial charge in [0.05, 0.1) is 23.9 Å². The number of nitrogens with one attached hydrogen (secondary N) is 3. The van der Waals surface area contributed by atoms with E-state index in [0.29, 0.717) is 13.1 Å². The number of aromatic amines is 1. The maximum atomic E-state index is 4.42. The highest BCUT2D eigenvalue weighted by atomic mass is 15.0. The molecule has 0 radical (unpaired) electrons. The molecular formula is C14H16N6. The minimum absolute atomic E-state index is 0.662. The second-order valence-electron chi connectivity index (χ2n) is 4.50. The first-order chi connectivity index (χ1) is 9.85. The van der Waals surface area contributed by atoms with Crippen LogP contribution in [0, 0.1) is 0 Å². The van der Waals surface area contributed by atoms with E-state index in [-0.39, 0.29) is 0 Å². The molecule has 0 bridgehead atoms. The largest absolute Gasteiger partial charge is 0.366 e. The molecule has 0 unspecified atom stereocenters. The van der Waals surface area contributed by atoms with Crippen molar-refractivity contribution in [2.24, 2.45) is 0 Å². The highest BCUT2D eigenvalue weighted by Crippen LogP contribution is 2.13. The Morgan fingerprint density at radius 2 is 2.10 bits per heavy atom. The fourth-order valence-corrected chi connectivity index (χ4v) is 2.03. The van der Waals surface area contributed by atoms with Crippen LogP contribution in [0.1, 0.15) is 11.4 Å². The quantitative estimate of drug-likeness (QED) is 0.656. The molecule has 6 nitrogen and oxygen atoms in total. The molecular weight excluding hydrogens is 252 g/mol. The van der Waals surface area contributed by atoms with Crippen LogP contribution in [0.5, 0.6) is 0 Å². The lowest BCUT2D eigenvalue weighted by Gasteiger charge is -2.07. The normalized spacial score (nSPS) is 10.8. The predicted molar refractivity (Wildman–Crippen MR) is 78.2 cm³/mol. The van der Waals surface area contributed by atoms with Crippen molar-refractivity contribution in [3.63, 3.8) is 0 Å². The fraction of sp³-hybridized carbons (Fsp3) is 0.214. The molecule has 0 aliphatic carbocycles. The van der Waals surface area contributed by atoms with E-state index in [2.05, 4.69) is 42.7 Å². The van der Waals surface area contributed by atoms with Crippen LogP contribution in [0.4, 0.5) is 5.82 Å². The van der Waals surface area contributed by atoms with E-state index in [1.54, 1.807) is 12.5 Å². The van der Waals surface area contributed by atoms with Crippen LogP contribution in [0.3, 0.4) is 0 Å². The van der Waals surface area contributed by atoms with Gasteiger partial charge < -0.3 is 15.6 Å². The highest BCUT2D eigenvalue weighted by molar-refractivity contribution is 5.75. The number of rotatable bonds is 5. The number of fused-ring (bicyclic) bond motifs is 1. The number of imidazole rings is 1. The summed E-state index contributed by atoms with van der Waals surface area (Å²) >= 11 is 0. The van der Waals surface area contributed by atoms with Crippen LogP contribution in [-0.2, 0) is 13.1 Å². The van der Waals surface area contributed by atoms with E-state index in [9.17, 15) is 0 Å². The van der Waals surface area contributed by atoms with E-state index >= 15 is 0 Å². The van der Waals surface area contributed by atoms with Gasteiger partial charge in [-0.15, -0.1) is 0 Å². The Morgan fingerprint density at radius 3 is 3.00 bits per heavy atom. The Kier molecular flexibility index (Phi) is 3.56. The van der Waals surface area contributed by atoms with Crippen LogP contribution >= 0.6 is 0 Å². The van der Waals surface area contributed by atoms with Crippen molar-refractivity contribution in [1.82, 2.24) is 25.3 Å². The molecule has 1 aromatic carbocycles. The smallest absolute Gasteiger partial charge is 0.144 e. The van der Waals surface area contributed by atoms with Gasteiger partial charge in [-0.1, -0.05) is 6.07 Å².